The molecule has 0 saturated heterocycles. The van der Waals surface area contributed by atoms with Crippen LogP contribution in [0.3, 0.4) is 0 Å². The van der Waals surface area contributed by atoms with Gasteiger partial charge in [-0.1, -0.05) is 0 Å². The molecule has 0 saturated carbocycles. The molecule has 0 aromatic rings. The molecule has 0 fully saturated rings. The topological polar surface area (TPSA) is 0 Å². The van der Waals surface area contributed by atoms with E-state index in [4.69, 9.17) is 0 Å². The van der Waals surface area contributed by atoms with Crippen LogP contribution in [-0.2, 0) is 14.4 Å². The molecule has 2 rings (SSSR count). The van der Waals surface area contributed by atoms with E-state index in [1.54, 1.807) is 9.74 Å². The summed E-state index contributed by atoms with van der Waals surface area (Å²) >= 11 is 1.82. The van der Waals surface area contributed by atoms with Crippen molar-refractivity contribution in [1.82, 2.24) is 0 Å². The summed E-state index contributed by atoms with van der Waals surface area (Å²) in [5, 5.41) is 1.70. The van der Waals surface area contributed by atoms with Crippen molar-refractivity contribution in [2.24, 2.45) is 0 Å². The van der Waals surface area contributed by atoms with Crippen LogP contribution in [0.2, 0.25) is 19.1 Å². The van der Waals surface area contributed by atoms with Crippen LogP contribution < -0.4 is 0 Å². The van der Waals surface area contributed by atoms with Crippen molar-refractivity contribution in [2.45, 2.75) is 38.9 Å². The predicted molar refractivity (Wildman–Crippen MR) is 70.6 cm³/mol. The monoisotopic (exact) mass is 274 g/mol. The summed E-state index contributed by atoms with van der Waals surface area (Å²) in [5.41, 5.74) is 0. The van der Waals surface area contributed by atoms with E-state index >= 15 is 0 Å². The Bertz CT molecular complexity index is 397. The molecule has 0 aliphatic heterocycles. The summed E-state index contributed by atoms with van der Waals surface area (Å²) in [7, 11) is -1.15. The number of hydrogen-bond acceptors (Lipinski definition) is 0. The first-order valence-corrected chi connectivity index (χ1v) is 10.2. The van der Waals surface area contributed by atoms with Crippen molar-refractivity contribution in [3.63, 3.8) is 0 Å². The van der Waals surface area contributed by atoms with Crippen LogP contribution in [0.5, 0.6) is 0 Å². The molecule has 0 bridgehead atoms. The molecule has 0 atom stereocenters. The van der Waals surface area contributed by atoms with E-state index in [-0.39, 0.29) is 0 Å². The second-order valence-electron chi connectivity index (χ2n) is 4.91. The van der Waals surface area contributed by atoms with Gasteiger partial charge in [0.25, 0.3) is 0 Å². The molecule has 0 radical (unpaired) electrons. The van der Waals surface area contributed by atoms with Crippen LogP contribution in [-0.4, -0.2) is 8.07 Å². The molecule has 2 aliphatic carbocycles. The van der Waals surface area contributed by atoms with Crippen LogP contribution in [0, 0.1) is 0 Å². The molecule has 0 amide bonds. The van der Waals surface area contributed by atoms with E-state index < -0.39 is 8.07 Å². The molecule has 0 nitrogen and oxygen atoms in total. The van der Waals surface area contributed by atoms with Gasteiger partial charge in [-0.05, 0) is 0 Å². The molecule has 0 aromatic heterocycles. The second-order valence-corrected chi connectivity index (χ2v) is 11.4. The Balaban J connectivity index is 2.16. The third-order valence-electron chi connectivity index (χ3n) is 3.36. The van der Waals surface area contributed by atoms with Gasteiger partial charge in [-0.25, -0.2) is 0 Å². The molecule has 0 N–H and O–H groups in total. The summed E-state index contributed by atoms with van der Waals surface area (Å²) in [4.78, 5) is 0. The van der Waals surface area contributed by atoms with E-state index in [1.165, 1.54) is 17.0 Å². The Morgan fingerprint density at radius 2 is 2.06 bits per heavy atom. The van der Waals surface area contributed by atoms with Gasteiger partial charge in [0.2, 0.25) is 0 Å². The zero-order valence-electron chi connectivity index (χ0n) is 10.3. The summed E-state index contributed by atoms with van der Waals surface area (Å²) in [6.07, 6.45) is 13.7. The van der Waals surface area contributed by atoms with Gasteiger partial charge in [-0.2, -0.15) is 0 Å². The SMILES string of the molecule is CC[Si](C)(C)C1=[C]([Ni][C]2=CC=CC2)CC=C1. The summed E-state index contributed by atoms with van der Waals surface area (Å²) in [6.45, 7) is 7.32. The van der Waals surface area contributed by atoms with Crippen molar-refractivity contribution in [2.75, 3.05) is 0 Å². The molecule has 2 heteroatoms. The van der Waals surface area contributed by atoms with E-state index in [0.717, 1.165) is 6.42 Å². The van der Waals surface area contributed by atoms with E-state index in [9.17, 15) is 0 Å². The minimum absolute atomic E-state index is 1.14. The zero-order chi connectivity index (χ0) is 11.6. The van der Waals surface area contributed by atoms with Gasteiger partial charge < -0.3 is 0 Å². The average Bonchev–Trinajstić information content (AvgIpc) is 2.89. The second kappa shape index (κ2) is 4.89. The first-order chi connectivity index (χ1) is 7.63. The van der Waals surface area contributed by atoms with Crippen LogP contribution in [0.1, 0.15) is 19.8 Å². The van der Waals surface area contributed by atoms with Gasteiger partial charge in [0, 0.05) is 0 Å². The van der Waals surface area contributed by atoms with Crippen molar-refractivity contribution < 1.29 is 14.4 Å². The van der Waals surface area contributed by atoms with Crippen molar-refractivity contribution in [3.8, 4) is 0 Å². The van der Waals surface area contributed by atoms with Crippen LogP contribution in [0.25, 0.3) is 0 Å². The first kappa shape index (κ1) is 12.1. The molecule has 0 unspecified atom stereocenters. The third-order valence-corrected chi connectivity index (χ3v) is 8.70. The third kappa shape index (κ3) is 2.49. The molecule has 0 spiro atoms. The number of hydrogen-bond donors (Lipinski definition) is 0. The quantitative estimate of drug-likeness (QED) is 0.667. The fourth-order valence-electron chi connectivity index (χ4n) is 1.89. The Morgan fingerprint density at radius 3 is 2.69 bits per heavy atom. The summed E-state index contributed by atoms with van der Waals surface area (Å²) in [6, 6.07) is 1.34. The van der Waals surface area contributed by atoms with E-state index in [1.807, 2.05) is 14.4 Å². The van der Waals surface area contributed by atoms with Gasteiger partial charge in [0.1, 0.15) is 0 Å². The van der Waals surface area contributed by atoms with Gasteiger partial charge in [0.15, 0.2) is 0 Å². The maximum atomic E-state index is 2.49. The summed E-state index contributed by atoms with van der Waals surface area (Å²) < 4.78 is 3.17. The molecular weight excluding hydrogens is 255 g/mol. The minimum atomic E-state index is -1.15. The molecule has 0 heterocycles. The molecular formula is C14H20NiSi. The molecule has 16 heavy (non-hydrogen) atoms. The van der Waals surface area contributed by atoms with Crippen molar-refractivity contribution in [1.29, 1.82) is 0 Å². The fourth-order valence-corrected chi connectivity index (χ4v) is 6.01. The maximum absolute atomic E-state index is 2.49. The fraction of sp³-hybridized carbons (Fsp3) is 0.429. The first-order valence-electron chi connectivity index (χ1n) is 5.98. The number of allylic oxidation sites excluding steroid dienone is 8. The van der Waals surface area contributed by atoms with Crippen LogP contribution in [0.4, 0.5) is 0 Å². The van der Waals surface area contributed by atoms with E-state index in [2.05, 4.69) is 50.4 Å². The van der Waals surface area contributed by atoms with Gasteiger partial charge in [0.05, 0.1) is 0 Å². The van der Waals surface area contributed by atoms with Crippen LogP contribution >= 0.6 is 0 Å². The molecule has 90 valence electrons. The molecule has 0 aromatic carbocycles. The van der Waals surface area contributed by atoms with Gasteiger partial charge in [-0.3, -0.25) is 0 Å². The van der Waals surface area contributed by atoms with Crippen molar-refractivity contribution in [3.05, 3.63) is 44.7 Å². The Hall–Kier alpha value is -0.330. The number of rotatable bonds is 4. The standard InChI is InChI=1S/C9H15Si.C5H5.Ni/c1-4-10(2,3)9-7-5-6-8-9;1-2-4-5-3-1;/h5,7H,4,6H2,1-3H3;1-3H,4H2;. The predicted octanol–water partition coefficient (Wildman–Crippen LogP) is 4.39. The normalized spacial score (nSPS) is 20.1. The average molecular weight is 275 g/mol. The van der Waals surface area contributed by atoms with Gasteiger partial charge in [-0.15, -0.1) is 0 Å². The Morgan fingerprint density at radius 1 is 1.25 bits per heavy atom. The van der Waals surface area contributed by atoms with E-state index in [0.29, 0.717) is 0 Å². The van der Waals surface area contributed by atoms with Crippen molar-refractivity contribution >= 4 is 8.07 Å². The Labute approximate surface area is 106 Å². The van der Waals surface area contributed by atoms with Crippen LogP contribution in [0.15, 0.2) is 44.7 Å². The molecule has 2 aliphatic rings. The zero-order valence-corrected chi connectivity index (χ0v) is 12.3. The van der Waals surface area contributed by atoms with Gasteiger partial charge >= 0.3 is 106 Å². The summed E-state index contributed by atoms with van der Waals surface area (Å²) in [5.74, 6) is 0. The Kier molecular flexibility index (Phi) is 3.71.